The molecule has 0 bridgehead atoms. The minimum absolute atomic E-state index is 0.231. The molecule has 0 unspecified atom stereocenters. The number of aliphatic hydroxyl groups excluding tert-OH is 1. The van der Waals surface area contributed by atoms with E-state index in [-0.39, 0.29) is 12.2 Å². The van der Waals surface area contributed by atoms with Gasteiger partial charge in [0.25, 0.3) is 0 Å². The number of hydrogen-bond acceptors (Lipinski definition) is 3. The van der Waals surface area contributed by atoms with Crippen LogP contribution in [0.1, 0.15) is 24.2 Å². The summed E-state index contributed by atoms with van der Waals surface area (Å²) in [7, 11) is 0. The number of rotatable bonds is 4. The highest BCUT2D eigenvalue weighted by molar-refractivity contribution is 6.31. The Bertz CT molecular complexity index is 575. The molecule has 3 nitrogen and oxygen atoms in total. The van der Waals surface area contributed by atoms with Gasteiger partial charge in [0, 0.05) is 29.6 Å². The second-order valence-corrected chi connectivity index (χ2v) is 4.52. The zero-order valence-corrected chi connectivity index (χ0v) is 11.1. The lowest BCUT2D eigenvalue weighted by Crippen LogP contribution is -1.99. The van der Waals surface area contributed by atoms with E-state index in [1.165, 1.54) is 25.3 Å². The van der Waals surface area contributed by atoms with Crippen molar-refractivity contribution in [2.45, 2.75) is 19.6 Å². The number of ether oxygens (including phenoxy) is 1. The fraction of sp³-hybridized carbons (Fsp3) is 0.214. The van der Waals surface area contributed by atoms with Crippen molar-refractivity contribution in [1.29, 1.82) is 0 Å². The molecule has 2 aromatic rings. The van der Waals surface area contributed by atoms with Gasteiger partial charge < -0.3 is 9.84 Å². The average Bonchev–Trinajstić information content (AvgIpc) is 2.37. The topological polar surface area (TPSA) is 42.4 Å². The summed E-state index contributed by atoms with van der Waals surface area (Å²) in [5, 5.41) is 9.84. The van der Waals surface area contributed by atoms with Crippen LogP contribution in [-0.2, 0) is 6.61 Å². The van der Waals surface area contributed by atoms with E-state index in [0.29, 0.717) is 10.8 Å². The Kier molecular flexibility index (Phi) is 4.35. The number of pyridine rings is 1. The Balaban J connectivity index is 2.08. The van der Waals surface area contributed by atoms with Crippen LogP contribution >= 0.6 is 11.6 Å². The van der Waals surface area contributed by atoms with Crippen molar-refractivity contribution in [2.24, 2.45) is 0 Å². The largest absolute Gasteiger partial charge is 0.489 e. The van der Waals surface area contributed by atoms with E-state index in [1.807, 2.05) is 0 Å². The van der Waals surface area contributed by atoms with Crippen LogP contribution in [-0.4, -0.2) is 10.1 Å². The van der Waals surface area contributed by atoms with E-state index in [1.54, 1.807) is 18.3 Å². The van der Waals surface area contributed by atoms with Crippen LogP contribution in [0.5, 0.6) is 5.75 Å². The number of halogens is 2. The number of nitrogens with zero attached hydrogens (tertiary/aromatic N) is 1. The van der Waals surface area contributed by atoms with E-state index < -0.39 is 11.9 Å². The first kappa shape index (κ1) is 13.8. The van der Waals surface area contributed by atoms with E-state index in [0.717, 1.165) is 5.56 Å². The van der Waals surface area contributed by atoms with Gasteiger partial charge in [-0.2, -0.15) is 0 Å². The van der Waals surface area contributed by atoms with Crippen molar-refractivity contribution in [2.75, 3.05) is 0 Å². The molecule has 0 aliphatic carbocycles. The van der Waals surface area contributed by atoms with Gasteiger partial charge in [-0.3, -0.25) is 4.98 Å². The summed E-state index contributed by atoms with van der Waals surface area (Å²) in [6.45, 7) is 1.74. The standard InChI is InChI=1S/C14H13ClFNO2/c1-9(18)12-3-2-11(6-14(12)16)19-8-10-4-5-17-7-13(10)15/h2-7,9,18H,8H2,1H3/t9-/m0/s1. The lowest BCUT2D eigenvalue weighted by Gasteiger charge is -2.10. The molecule has 5 heteroatoms. The van der Waals surface area contributed by atoms with Crippen molar-refractivity contribution in [3.8, 4) is 5.75 Å². The van der Waals surface area contributed by atoms with Crippen LogP contribution < -0.4 is 4.74 Å². The van der Waals surface area contributed by atoms with E-state index in [2.05, 4.69) is 4.98 Å². The summed E-state index contributed by atoms with van der Waals surface area (Å²) in [6.07, 6.45) is 2.29. The van der Waals surface area contributed by atoms with Gasteiger partial charge in [0.1, 0.15) is 18.2 Å². The molecule has 100 valence electrons. The number of benzene rings is 1. The third-order valence-electron chi connectivity index (χ3n) is 2.67. The summed E-state index contributed by atoms with van der Waals surface area (Å²) in [4.78, 5) is 3.87. The first-order valence-electron chi connectivity index (χ1n) is 5.76. The van der Waals surface area contributed by atoms with Crippen molar-refractivity contribution >= 4 is 11.6 Å². The second-order valence-electron chi connectivity index (χ2n) is 4.12. The zero-order chi connectivity index (χ0) is 13.8. The van der Waals surface area contributed by atoms with E-state index >= 15 is 0 Å². The normalized spacial score (nSPS) is 12.2. The Morgan fingerprint density at radius 1 is 1.42 bits per heavy atom. The smallest absolute Gasteiger partial charge is 0.132 e. The monoisotopic (exact) mass is 281 g/mol. The molecule has 0 aliphatic rings. The molecule has 0 aliphatic heterocycles. The SMILES string of the molecule is C[C@H](O)c1ccc(OCc2ccncc2Cl)cc1F. The first-order valence-corrected chi connectivity index (χ1v) is 6.14. The van der Waals surface area contributed by atoms with Crippen LogP contribution in [0.25, 0.3) is 0 Å². The molecule has 0 radical (unpaired) electrons. The van der Waals surface area contributed by atoms with Crippen molar-refractivity contribution in [3.63, 3.8) is 0 Å². The van der Waals surface area contributed by atoms with Crippen molar-refractivity contribution in [1.82, 2.24) is 4.98 Å². The molecule has 1 N–H and O–H groups in total. The Labute approximate surface area is 115 Å². The molecule has 0 amide bonds. The minimum atomic E-state index is -0.844. The molecule has 0 saturated carbocycles. The summed E-state index contributed by atoms with van der Waals surface area (Å²) in [5.74, 6) is -0.108. The predicted octanol–water partition coefficient (Wildman–Crippen LogP) is 3.51. The predicted molar refractivity (Wildman–Crippen MR) is 70.6 cm³/mol. The number of aromatic nitrogens is 1. The third kappa shape index (κ3) is 3.43. The highest BCUT2D eigenvalue weighted by Gasteiger charge is 2.09. The molecule has 0 fully saturated rings. The minimum Gasteiger partial charge on any atom is -0.489 e. The maximum atomic E-state index is 13.6. The van der Waals surface area contributed by atoms with Gasteiger partial charge in [-0.25, -0.2) is 4.39 Å². The lowest BCUT2D eigenvalue weighted by atomic mass is 10.1. The summed E-state index contributed by atoms with van der Waals surface area (Å²) in [6, 6.07) is 6.10. The van der Waals surface area contributed by atoms with Crippen molar-refractivity contribution in [3.05, 3.63) is 58.6 Å². The number of aliphatic hydroxyl groups is 1. The molecular formula is C14H13ClFNO2. The van der Waals surface area contributed by atoms with Gasteiger partial charge >= 0.3 is 0 Å². The zero-order valence-electron chi connectivity index (χ0n) is 10.3. The average molecular weight is 282 g/mol. The van der Waals surface area contributed by atoms with E-state index in [4.69, 9.17) is 16.3 Å². The van der Waals surface area contributed by atoms with Gasteiger partial charge in [0.05, 0.1) is 11.1 Å². The molecule has 19 heavy (non-hydrogen) atoms. The van der Waals surface area contributed by atoms with Crippen LogP contribution in [0.15, 0.2) is 36.7 Å². The van der Waals surface area contributed by atoms with Gasteiger partial charge in [-0.1, -0.05) is 11.6 Å². The Hall–Kier alpha value is -1.65. The fourth-order valence-electron chi connectivity index (χ4n) is 1.62. The van der Waals surface area contributed by atoms with Gasteiger partial charge in [0.15, 0.2) is 0 Å². The Morgan fingerprint density at radius 2 is 2.21 bits per heavy atom. The van der Waals surface area contributed by atoms with Crippen LogP contribution in [0.3, 0.4) is 0 Å². The molecule has 1 aromatic carbocycles. The summed E-state index contributed by atoms with van der Waals surface area (Å²) >= 11 is 5.94. The molecule has 0 saturated heterocycles. The summed E-state index contributed by atoms with van der Waals surface area (Å²) < 4.78 is 19.1. The molecule has 0 spiro atoms. The maximum Gasteiger partial charge on any atom is 0.132 e. The number of hydrogen-bond donors (Lipinski definition) is 1. The van der Waals surface area contributed by atoms with Crippen LogP contribution in [0, 0.1) is 5.82 Å². The van der Waals surface area contributed by atoms with E-state index in [9.17, 15) is 9.50 Å². The van der Waals surface area contributed by atoms with Gasteiger partial charge in [-0.15, -0.1) is 0 Å². The molecule has 1 atom stereocenters. The molecule has 1 heterocycles. The van der Waals surface area contributed by atoms with Crippen molar-refractivity contribution < 1.29 is 14.2 Å². The highest BCUT2D eigenvalue weighted by atomic mass is 35.5. The molecular weight excluding hydrogens is 269 g/mol. The molecule has 2 rings (SSSR count). The van der Waals surface area contributed by atoms with Crippen LogP contribution in [0.2, 0.25) is 5.02 Å². The molecule has 1 aromatic heterocycles. The first-order chi connectivity index (χ1) is 9.08. The lowest BCUT2D eigenvalue weighted by molar-refractivity contribution is 0.194. The van der Waals surface area contributed by atoms with Gasteiger partial charge in [-0.05, 0) is 25.1 Å². The second kappa shape index (κ2) is 5.99. The summed E-state index contributed by atoms with van der Waals surface area (Å²) in [5.41, 5.74) is 1.02. The third-order valence-corrected chi connectivity index (χ3v) is 3.01. The Morgan fingerprint density at radius 3 is 2.84 bits per heavy atom. The van der Waals surface area contributed by atoms with Crippen LogP contribution in [0.4, 0.5) is 4.39 Å². The fourth-order valence-corrected chi connectivity index (χ4v) is 1.79. The quantitative estimate of drug-likeness (QED) is 0.932. The highest BCUT2D eigenvalue weighted by Crippen LogP contribution is 2.23. The van der Waals surface area contributed by atoms with Gasteiger partial charge in [0.2, 0.25) is 0 Å². The maximum absolute atomic E-state index is 13.6.